The summed E-state index contributed by atoms with van der Waals surface area (Å²) in [6.07, 6.45) is 5.46. The lowest BCUT2D eigenvalue weighted by atomic mass is 9.48. The fourth-order valence-corrected chi connectivity index (χ4v) is 6.85. The highest BCUT2D eigenvalue weighted by molar-refractivity contribution is 5.90. The predicted octanol–water partition coefficient (Wildman–Crippen LogP) is 1.93. The fraction of sp³-hybridized carbons (Fsp3) is 0.696. The molecule has 2 bridgehead atoms. The number of aromatic hydroxyl groups is 1. The molecule has 1 aromatic rings. The van der Waals surface area contributed by atoms with Gasteiger partial charge in [-0.2, -0.15) is 0 Å². The predicted molar refractivity (Wildman–Crippen MR) is 105 cm³/mol. The molecule has 0 radical (unpaired) electrons. The van der Waals surface area contributed by atoms with Crippen molar-refractivity contribution in [3.8, 4) is 11.5 Å². The van der Waals surface area contributed by atoms with Gasteiger partial charge in [0.2, 0.25) is 0 Å². The van der Waals surface area contributed by atoms with Crippen LogP contribution in [0, 0.1) is 5.92 Å². The second-order valence-electron chi connectivity index (χ2n) is 9.61. The van der Waals surface area contributed by atoms with Crippen molar-refractivity contribution in [3.63, 3.8) is 0 Å². The van der Waals surface area contributed by atoms with Crippen LogP contribution in [0.1, 0.15) is 49.7 Å². The Bertz CT molecular complexity index is 867. The molecule has 0 aromatic heterocycles. The van der Waals surface area contributed by atoms with E-state index in [-0.39, 0.29) is 24.2 Å². The maximum Gasteiger partial charge on any atom is 0.174 e. The van der Waals surface area contributed by atoms with Gasteiger partial charge in [-0.15, -0.1) is 0 Å². The van der Waals surface area contributed by atoms with E-state index in [4.69, 9.17) is 9.47 Å². The summed E-state index contributed by atoms with van der Waals surface area (Å²) < 4.78 is 13.0. The van der Waals surface area contributed by atoms with E-state index < -0.39 is 17.1 Å². The van der Waals surface area contributed by atoms with Gasteiger partial charge < -0.3 is 19.7 Å². The Kier molecular flexibility index (Phi) is 3.88. The molecule has 4 atom stereocenters. The third-order valence-electron chi connectivity index (χ3n) is 8.18. The summed E-state index contributed by atoms with van der Waals surface area (Å²) in [5, 5.41) is 19.9. The minimum absolute atomic E-state index is 0.0982. The van der Waals surface area contributed by atoms with Crippen molar-refractivity contribution in [2.75, 3.05) is 26.3 Å². The van der Waals surface area contributed by atoms with Crippen LogP contribution >= 0.6 is 0 Å². The van der Waals surface area contributed by atoms with Gasteiger partial charge in [0.25, 0.3) is 0 Å². The lowest BCUT2D eigenvalue weighted by Gasteiger charge is -2.64. The summed E-state index contributed by atoms with van der Waals surface area (Å²) >= 11 is 0. The molecule has 6 rings (SSSR count). The lowest BCUT2D eigenvalue weighted by molar-refractivity contribution is -0.214. The van der Waals surface area contributed by atoms with E-state index >= 15 is 0 Å². The first-order chi connectivity index (χ1) is 14.1. The summed E-state index contributed by atoms with van der Waals surface area (Å²) in [6, 6.07) is 3.94. The summed E-state index contributed by atoms with van der Waals surface area (Å²) in [4.78, 5) is 15.7. The average molecular weight is 399 g/mol. The van der Waals surface area contributed by atoms with Gasteiger partial charge in [0.15, 0.2) is 23.4 Å². The summed E-state index contributed by atoms with van der Waals surface area (Å²) in [5.74, 6) is 1.55. The zero-order valence-electron chi connectivity index (χ0n) is 16.7. The Morgan fingerprint density at radius 3 is 2.93 bits per heavy atom. The summed E-state index contributed by atoms with van der Waals surface area (Å²) in [7, 11) is 0. The number of aliphatic hydroxyl groups excluding tert-OH is 1. The summed E-state index contributed by atoms with van der Waals surface area (Å²) in [5.41, 5.74) is 1.20. The maximum absolute atomic E-state index is 13.1. The molecule has 6 nitrogen and oxygen atoms in total. The molecular formula is C23H29NO5. The van der Waals surface area contributed by atoms with Crippen LogP contribution in [0.3, 0.4) is 0 Å². The van der Waals surface area contributed by atoms with Crippen molar-refractivity contribution in [2.24, 2.45) is 5.92 Å². The number of phenolic OH excluding ortho intramolecular Hbond substituents is 1. The first kappa shape index (κ1) is 18.2. The molecule has 2 heterocycles. The highest BCUT2D eigenvalue weighted by atomic mass is 16.5. The van der Waals surface area contributed by atoms with Gasteiger partial charge in [-0.25, -0.2) is 0 Å². The smallest absolute Gasteiger partial charge is 0.174 e. The van der Waals surface area contributed by atoms with Crippen LogP contribution in [-0.4, -0.2) is 64.9 Å². The van der Waals surface area contributed by atoms with Crippen molar-refractivity contribution in [1.29, 1.82) is 0 Å². The minimum atomic E-state index is -0.571. The molecule has 1 spiro atoms. The fourth-order valence-electron chi connectivity index (χ4n) is 6.85. The number of ether oxygens (including phenoxy) is 2. The third-order valence-corrected chi connectivity index (χ3v) is 8.18. The second kappa shape index (κ2) is 6.19. The van der Waals surface area contributed by atoms with Gasteiger partial charge >= 0.3 is 0 Å². The van der Waals surface area contributed by atoms with E-state index in [1.54, 1.807) is 6.07 Å². The second-order valence-corrected chi connectivity index (χ2v) is 9.61. The first-order valence-corrected chi connectivity index (χ1v) is 11.1. The Morgan fingerprint density at radius 2 is 2.14 bits per heavy atom. The lowest BCUT2D eigenvalue weighted by Crippen LogP contribution is -2.77. The topological polar surface area (TPSA) is 79.2 Å². The number of rotatable bonds is 6. The van der Waals surface area contributed by atoms with E-state index in [2.05, 4.69) is 4.90 Å². The van der Waals surface area contributed by atoms with Gasteiger partial charge in [0.1, 0.15) is 0 Å². The number of hydrogen-bond donors (Lipinski definition) is 2. The zero-order valence-corrected chi connectivity index (χ0v) is 16.7. The van der Waals surface area contributed by atoms with Gasteiger partial charge in [0, 0.05) is 37.8 Å². The number of aliphatic hydroxyl groups is 1. The molecule has 2 aliphatic heterocycles. The number of Topliss-reactive ketones (excluding diaryl/α,β-unsaturated/α-hetero) is 1. The monoisotopic (exact) mass is 399 g/mol. The van der Waals surface area contributed by atoms with Crippen LogP contribution in [0.2, 0.25) is 0 Å². The Balaban J connectivity index is 1.54. The van der Waals surface area contributed by atoms with Crippen LogP contribution in [0.4, 0.5) is 0 Å². The zero-order chi connectivity index (χ0) is 19.8. The number of piperidine rings is 1. The molecule has 1 saturated heterocycles. The largest absolute Gasteiger partial charge is 0.504 e. The van der Waals surface area contributed by atoms with Crippen molar-refractivity contribution in [3.05, 3.63) is 23.3 Å². The number of nitrogens with zero attached hydrogens (tertiary/aromatic N) is 1. The van der Waals surface area contributed by atoms with E-state index in [1.807, 2.05) is 6.07 Å². The molecule has 29 heavy (non-hydrogen) atoms. The van der Waals surface area contributed by atoms with Gasteiger partial charge in [-0.05, 0) is 62.6 Å². The van der Waals surface area contributed by atoms with E-state index in [1.165, 1.54) is 18.4 Å². The van der Waals surface area contributed by atoms with Crippen LogP contribution in [0.25, 0.3) is 0 Å². The highest BCUT2D eigenvalue weighted by Crippen LogP contribution is 2.66. The number of carbonyl (C=O) groups is 1. The quantitative estimate of drug-likeness (QED) is 0.712. The molecule has 0 amide bonds. The molecule has 5 aliphatic rings. The van der Waals surface area contributed by atoms with Crippen LogP contribution in [0.15, 0.2) is 12.1 Å². The number of benzene rings is 1. The standard InChI is InChI=1S/C23H29NO5/c25-10-1-11-28-23-7-6-17(27)21-22(23)8-9-24(13-14-2-3-14)18(23)12-15-4-5-16(26)20(29-21)19(15)22/h4-5,14,18,21,25-26H,1-3,6-13H2/t18-,21?,22+,23-/m1/s1. The minimum Gasteiger partial charge on any atom is -0.504 e. The molecule has 6 heteroatoms. The van der Waals surface area contributed by atoms with E-state index in [0.29, 0.717) is 31.6 Å². The first-order valence-electron chi connectivity index (χ1n) is 11.1. The van der Waals surface area contributed by atoms with Crippen molar-refractivity contribution in [2.45, 2.75) is 68.1 Å². The third kappa shape index (κ3) is 2.25. The Labute approximate surface area is 170 Å². The SMILES string of the molecule is O=C1CC[C@@]2(OCCCO)[C@H]3Cc4ccc(O)c5c4[C@@]2(CCN3CC2CC2)C1O5. The van der Waals surface area contributed by atoms with Crippen molar-refractivity contribution >= 4 is 5.78 Å². The van der Waals surface area contributed by atoms with Gasteiger partial charge in [-0.1, -0.05) is 6.07 Å². The molecule has 3 aliphatic carbocycles. The number of likely N-dealkylation sites (tertiary alicyclic amines) is 1. The number of hydrogen-bond acceptors (Lipinski definition) is 6. The van der Waals surface area contributed by atoms with E-state index in [0.717, 1.165) is 37.4 Å². The van der Waals surface area contributed by atoms with E-state index in [9.17, 15) is 15.0 Å². The maximum atomic E-state index is 13.1. The Hall–Kier alpha value is -1.63. The highest BCUT2D eigenvalue weighted by Gasteiger charge is 2.74. The van der Waals surface area contributed by atoms with Crippen LogP contribution in [-0.2, 0) is 21.4 Å². The molecule has 3 fully saturated rings. The van der Waals surface area contributed by atoms with Gasteiger partial charge in [0.05, 0.1) is 11.0 Å². The molecular weight excluding hydrogens is 370 g/mol. The van der Waals surface area contributed by atoms with Crippen LogP contribution in [0.5, 0.6) is 11.5 Å². The molecule has 2 N–H and O–H groups in total. The average Bonchev–Trinajstić information content (AvgIpc) is 3.45. The summed E-state index contributed by atoms with van der Waals surface area (Å²) in [6.45, 7) is 2.62. The van der Waals surface area contributed by atoms with Crippen molar-refractivity contribution < 1.29 is 24.5 Å². The molecule has 1 unspecified atom stereocenters. The normalized spacial score (nSPS) is 37.3. The Morgan fingerprint density at radius 1 is 1.28 bits per heavy atom. The molecule has 156 valence electrons. The number of ketones is 1. The van der Waals surface area contributed by atoms with Gasteiger partial charge in [-0.3, -0.25) is 9.69 Å². The van der Waals surface area contributed by atoms with Crippen LogP contribution < -0.4 is 4.74 Å². The number of carbonyl (C=O) groups excluding carboxylic acids is 1. The molecule has 2 saturated carbocycles. The molecule has 1 aromatic carbocycles. The van der Waals surface area contributed by atoms with Crippen molar-refractivity contribution in [1.82, 2.24) is 4.90 Å². The number of phenols is 1.